The van der Waals surface area contributed by atoms with Crippen LogP contribution in [0.2, 0.25) is 0 Å². The summed E-state index contributed by atoms with van der Waals surface area (Å²) in [5.74, 6) is 0.0266. The van der Waals surface area contributed by atoms with Gasteiger partial charge in [-0.15, -0.1) is 0 Å². The van der Waals surface area contributed by atoms with Gasteiger partial charge >= 0.3 is 5.69 Å². The third-order valence-electron chi connectivity index (χ3n) is 3.19. The van der Waals surface area contributed by atoms with Crippen LogP contribution in [0, 0.1) is 17.0 Å². The molecule has 0 bridgehead atoms. The van der Waals surface area contributed by atoms with Crippen molar-refractivity contribution in [3.63, 3.8) is 0 Å². The first kappa shape index (κ1) is 15.5. The van der Waals surface area contributed by atoms with Crippen LogP contribution in [0.4, 0.5) is 5.69 Å². The standard InChI is InChI=1S/C16H16N2O4/c1-11-5-3-8-14(15(11)18(20)21)22-10-12-6-4-7-13(9-12)16(19)17-2/h3-9H,10H2,1-2H3,(H,17,19). The van der Waals surface area contributed by atoms with Crippen molar-refractivity contribution in [3.8, 4) is 5.75 Å². The molecule has 0 fully saturated rings. The normalized spacial score (nSPS) is 10.1. The number of hydrogen-bond donors (Lipinski definition) is 1. The molecular formula is C16H16N2O4. The number of nitro groups is 1. The predicted octanol–water partition coefficient (Wildman–Crippen LogP) is 2.84. The molecule has 6 nitrogen and oxygen atoms in total. The summed E-state index contributed by atoms with van der Waals surface area (Å²) in [7, 11) is 1.56. The van der Waals surface area contributed by atoms with Gasteiger partial charge in [-0.3, -0.25) is 14.9 Å². The van der Waals surface area contributed by atoms with Gasteiger partial charge in [0.05, 0.1) is 4.92 Å². The number of carbonyl (C=O) groups excluding carboxylic acids is 1. The fraction of sp³-hybridized carbons (Fsp3) is 0.188. The Bertz CT molecular complexity index is 713. The van der Waals surface area contributed by atoms with Crippen molar-refractivity contribution < 1.29 is 14.5 Å². The van der Waals surface area contributed by atoms with E-state index in [1.807, 2.05) is 0 Å². The van der Waals surface area contributed by atoms with Crippen LogP contribution >= 0.6 is 0 Å². The molecule has 0 aliphatic heterocycles. The Labute approximate surface area is 127 Å². The van der Waals surface area contributed by atoms with Crippen molar-refractivity contribution in [1.29, 1.82) is 0 Å². The molecule has 0 aromatic heterocycles. The lowest BCUT2D eigenvalue weighted by Gasteiger charge is -2.09. The molecule has 2 aromatic carbocycles. The number of nitro benzene ring substituents is 1. The van der Waals surface area contributed by atoms with Gasteiger partial charge in [-0.25, -0.2) is 0 Å². The van der Waals surface area contributed by atoms with E-state index in [0.717, 1.165) is 5.56 Å². The molecule has 0 heterocycles. The van der Waals surface area contributed by atoms with Gasteiger partial charge < -0.3 is 10.1 Å². The number of nitrogens with zero attached hydrogens (tertiary/aromatic N) is 1. The van der Waals surface area contributed by atoms with Crippen LogP contribution in [0.5, 0.6) is 5.75 Å². The lowest BCUT2D eigenvalue weighted by molar-refractivity contribution is -0.386. The van der Waals surface area contributed by atoms with Crippen molar-refractivity contribution in [1.82, 2.24) is 5.32 Å². The van der Waals surface area contributed by atoms with Crippen LogP contribution in [0.1, 0.15) is 21.5 Å². The molecule has 0 unspecified atom stereocenters. The van der Waals surface area contributed by atoms with E-state index in [2.05, 4.69) is 5.32 Å². The maximum Gasteiger partial charge on any atom is 0.313 e. The van der Waals surface area contributed by atoms with Gasteiger partial charge in [0.2, 0.25) is 0 Å². The number of nitrogens with one attached hydrogen (secondary N) is 1. The third-order valence-corrected chi connectivity index (χ3v) is 3.19. The van der Waals surface area contributed by atoms with E-state index in [1.54, 1.807) is 56.4 Å². The molecule has 114 valence electrons. The van der Waals surface area contributed by atoms with Crippen molar-refractivity contribution in [3.05, 3.63) is 69.3 Å². The number of aryl methyl sites for hydroxylation is 1. The van der Waals surface area contributed by atoms with Crippen LogP contribution in [0.3, 0.4) is 0 Å². The summed E-state index contributed by atoms with van der Waals surface area (Å²) in [6.07, 6.45) is 0. The molecule has 0 saturated heterocycles. The maximum atomic E-state index is 11.6. The average Bonchev–Trinajstić information content (AvgIpc) is 2.52. The fourth-order valence-corrected chi connectivity index (χ4v) is 2.09. The Morgan fingerprint density at radius 2 is 2.00 bits per heavy atom. The second kappa shape index (κ2) is 6.71. The predicted molar refractivity (Wildman–Crippen MR) is 82.0 cm³/mol. The Hall–Kier alpha value is -2.89. The zero-order chi connectivity index (χ0) is 16.1. The average molecular weight is 300 g/mol. The highest BCUT2D eigenvalue weighted by atomic mass is 16.6. The number of carbonyl (C=O) groups is 1. The van der Waals surface area contributed by atoms with Crippen LogP contribution in [-0.4, -0.2) is 17.9 Å². The minimum Gasteiger partial charge on any atom is -0.482 e. The van der Waals surface area contributed by atoms with Crippen LogP contribution in [-0.2, 0) is 6.61 Å². The van der Waals surface area contributed by atoms with Crippen molar-refractivity contribution in [2.24, 2.45) is 0 Å². The molecule has 0 aliphatic rings. The maximum absolute atomic E-state index is 11.6. The van der Waals surface area contributed by atoms with Crippen molar-refractivity contribution >= 4 is 11.6 Å². The van der Waals surface area contributed by atoms with E-state index >= 15 is 0 Å². The summed E-state index contributed by atoms with van der Waals surface area (Å²) in [5.41, 5.74) is 1.78. The molecule has 2 aromatic rings. The Morgan fingerprint density at radius 1 is 1.27 bits per heavy atom. The number of hydrogen-bond acceptors (Lipinski definition) is 4. The quantitative estimate of drug-likeness (QED) is 0.680. The summed E-state index contributed by atoms with van der Waals surface area (Å²) in [6, 6.07) is 11.9. The molecule has 1 amide bonds. The van der Waals surface area contributed by atoms with E-state index in [-0.39, 0.29) is 24.0 Å². The molecule has 0 spiro atoms. The molecule has 0 saturated carbocycles. The Morgan fingerprint density at radius 3 is 2.68 bits per heavy atom. The monoisotopic (exact) mass is 300 g/mol. The van der Waals surface area contributed by atoms with Gasteiger partial charge in [0.25, 0.3) is 5.91 Å². The second-order valence-electron chi connectivity index (χ2n) is 4.75. The second-order valence-corrected chi connectivity index (χ2v) is 4.75. The summed E-state index contributed by atoms with van der Waals surface area (Å²) < 4.78 is 5.56. The first-order valence-electron chi connectivity index (χ1n) is 6.70. The lowest BCUT2D eigenvalue weighted by atomic mass is 10.1. The molecule has 6 heteroatoms. The molecule has 0 aliphatic carbocycles. The first-order chi connectivity index (χ1) is 10.5. The summed E-state index contributed by atoms with van der Waals surface area (Å²) in [5, 5.41) is 13.7. The molecule has 22 heavy (non-hydrogen) atoms. The number of para-hydroxylation sites is 1. The van der Waals surface area contributed by atoms with Crippen LogP contribution in [0.25, 0.3) is 0 Å². The van der Waals surface area contributed by atoms with Gasteiger partial charge in [-0.1, -0.05) is 24.3 Å². The Kier molecular flexibility index (Phi) is 4.73. The fourth-order valence-electron chi connectivity index (χ4n) is 2.09. The SMILES string of the molecule is CNC(=O)c1cccc(COc2cccc(C)c2[N+](=O)[O-])c1. The number of rotatable bonds is 5. The smallest absolute Gasteiger partial charge is 0.313 e. The summed E-state index contributed by atoms with van der Waals surface area (Å²) >= 11 is 0. The van der Waals surface area contributed by atoms with E-state index in [0.29, 0.717) is 11.1 Å². The molecular weight excluding hydrogens is 284 g/mol. The van der Waals surface area contributed by atoms with Gasteiger partial charge in [-0.05, 0) is 30.7 Å². The van der Waals surface area contributed by atoms with E-state index in [4.69, 9.17) is 4.74 Å². The topological polar surface area (TPSA) is 81.5 Å². The van der Waals surface area contributed by atoms with Gasteiger partial charge in [0.1, 0.15) is 6.61 Å². The first-order valence-corrected chi connectivity index (χ1v) is 6.70. The van der Waals surface area contributed by atoms with Crippen LogP contribution < -0.4 is 10.1 Å². The minimum atomic E-state index is -0.453. The highest BCUT2D eigenvalue weighted by Gasteiger charge is 2.18. The molecule has 1 N–H and O–H groups in total. The largest absolute Gasteiger partial charge is 0.482 e. The van der Waals surface area contributed by atoms with Gasteiger partial charge in [-0.2, -0.15) is 0 Å². The van der Waals surface area contributed by atoms with E-state index in [9.17, 15) is 14.9 Å². The minimum absolute atomic E-state index is 0.0371. The van der Waals surface area contributed by atoms with Crippen molar-refractivity contribution in [2.75, 3.05) is 7.05 Å². The van der Waals surface area contributed by atoms with E-state index in [1.165, 1.54) is 0 Å². The Balaban J connectivity index is 2.19. The van der Waals surface area contributed by atoms with Gasteiger partial charge in [0.15, 0.2) is 5.75 Å². The highest BCUT2D eigenvalue weighted by molar-refractivity contribution is 5.94. The van der Waals surface area contributed by atoms with Crippen molar-refractivity contribution in [2.45, 2.75) is 13.5 Å². The number of ether oxygens (including phenoxy) is 1. The number of amides is 1. The summed E-state index contributed by atoms with van der Waals surface area (Å²) in [6.45, 7) is 1.81. The van der Waals surface area contributed by atoms with Crippen LogP contribution in [0.15, 0.2) is 42.5 Å². The highest BCUT2D eigenvalue weighted by Crippen LogP contribution is 2.30. The zero-order valence-electron chi connectivity index (χ0n) is 12.3. The lowest BCUT2D eigenvalue weighted by Crippen LogP contribution is -2.17. The molecule has 0 atom stereocenters. The van der Waals surface area contributed by atoms with E-state index < -0.39 is 4.92 Å². The molecule has 0 radical (unpaired) electrons. The summed E-state index contributed by atoms with van der Waals surface area (Å²) in [4.78, 5) is 22.2. The number of benzene rings is 2. The third kappa shape index (κ3) is 3.41. The van der Waals surface area contributed by atoms with Gasteiger partial charge in [0, 0.05) is 18.2 Å². The zero-order valence-corrected chi connectivity index (χ0v) is 12.3. The molecule has 2 rings (SSSR count).